The van der Waals surface area contributed by atoms with Crippen LogP contribution in [0.3, 0.4) is 0 Å². The topological polar surface area (TPSA) is 32.6 Å². The number of aryl methyl sites for hydroxylation is 1. The van der Waals surface area contributed by atoms with Crippen LogP contribution in [0.2, 0.25) is 5.02 Å². The zero-order valence-corrected chi connectivity index (χ0v) is 10.4. The zero-order valence-electron chi connectivity index (χ0n) is 9.69. The number of hydrogen-bond acceptors (Lipinski definition) is 2. The van der Waals surface area contributed by atoms with E-state index in [0.29, 0.717) is 16.3 Å². The second-order valence-corrected chi connectivity index (χ2v) is 4.33. The van der Waals surface area contributed by atoms with Crippen molar-refractivity contribution in [2.75, 3.05) is 0 Å². The zero-order chi connectivity index (χ0) is 13.1. The fourth-order valence-electron chi connectivity index (χ4n) is 1.49. The molecule has 0 fully saturated rings. The highest BCUT2D eigenvalue weighted by atomic mass is 35.5. The Morgan fingerprint density at radius 1 is 1.22 bits per heavy atom. The summed E-state index contributed by atoms with van der Waals surface area (Å²) >= 11 is 5.82. The lowest BCUT2D eigenvalue weighted by atomic mass is 10.2. The molecule has 0 aliphatic carbocycles. The van der Waals surface area contributed by atoms with Gasteiger partial charge >= 0.3 is 0 Å². The molecule has 0 aliphatic rings. The van der Waals surface area contributed by atoms with E-state index in [0.717, 1.165) is 5.56 Å². The first-order chi connectivity index (χ1) is 8.56. The molecule has 2 aromatic carbocycles. The average molecular weight is 264 g/mol. The number of benzene rings is 2. The molecule has 1 N–H and O–H groups in total. The summed E-state index contributed by atoms with van der Waals surface area (Å²) in [5.41, 5.74) is 1.87. The molecule has 0 saturated carbocycles. The lowest BCUT2D eigenvalue weighted by molar-refractivity contribution is 0.474. The van der Waals surface area contributed by atoms with E-state index in [2.05, 4.69) is 4.99 Å². The van der Waals surface area contributed by atoms with E-state index in [9.17, 15) is 9.50 Å². The molecule has 2 aromatic rings. The second-order valence-electron chi connectivity index (χ2n) is 3.89. The molecule has 0 radical (unpaired) electrons. The standard InChI is InChI=1S/C14H11ClFNO/c1-9-2-4-12(16)7-13(9)17-8-10-6-11(15)3-5-14(10)18/h2-8,18H,1H3. The van der Waals surface area contributed by atoms with Crippen molar-refractivity contribution in [2.45, 2.75) is 6.92 Å². The molecule has 0 heterocycles. The highest BCUT2D eigenvalue weighted by Gasteiger charge is 2.01. The number of aliphatic imine (C=N–C) groups is 1. The van der Waals surface area contributed by atoms with Crippen LogP contribution in [0.15, 0.2) is 41.4 Å². The molecular weight excluding hydrogens is 253 g/mol. The van der Waals surface area contributed by atoms with Gasteiger partial charge in [0.15, 0.2) is 0 Å². The van der Waals surface area contributed by atoms with Crippen LogP contribution in [0, 0.1) is 12.7 Å². The Hall–Kier alpha value is -1.87. The molecule has 18 heavy (non-hydrogen) atoms. The lowest BCUT2D eigenvalue weighted by Gasteiger charge is -2.01. The van der Waals surface area contributed by atoms with Crippen LogP contribution < -0.4 is 0 Å². The van der Waals surface area contributed by atoms with Gasteiger partial charge in [0.1, 0.15) is 11.6 Å². The molecule has 0 bridgehead atoms. The molecule has 0 saturated heterocycles. The molecule has 92 valence electrons. The van der Waals surface area contributed by atoms with E-state index in [1.165, 1.54) is 24.4 Å². The summed E-state index contributed by atoms with van der Waals surface area (Å²) in [5, 5.41) is 10.1. The second kappa shape index (κ2) is 5.19. The highest BCUT2D eigenvalue weighted by Crippen LogP contribution is 2.23. The molecule has 0 aliphatic heterocycles. The maximum atomic E-state index is 13.1. The van der Waals surface area contributed by atoms with Gasteiger partial charge in [0, 0.05) is 16.8 Å². The van der Waals surface area contributed by atoms with Gasteiger partial charge in [0.05, 0.1) is 5.69 Å². The van der Waals surface area contributed by atoms with Crippen molar-refractivity contribution in [1.29, 1.82) is 0 Å². The Morgan fingerprint density at radius 3 is 2.78 bits per heavy atom. The van der Waals surface area contributed by atoms with Crippen molar-refractivity contribution in [3.8, 4) is 5.75 Å². The molecule has 0 unspecified atom stereocenters. The van der Waals surface area contributed by atoms with E-state index < -0.39 is 0 Å². The van der Waals surface area contributed by atoms with Crippen molar-refractivity contribution in [3.63, 3.8) is 0 Å². The first-order valence-electron chi connectivity index (χ1n) is 5.35. The van der Waals surface area contributed by atoms with Gasteiger partial charge in [-0.2, -0.15) is 0 Å². The van der Waals surface area contributed by atoms with Crippen LogP contribution in [0.4, 0.5) is 10.1 Å². The summed E-state index contributed by atoms with van der Waals surface area (Å²) in [6.07, 6.45) is 1.46. The fourth-order valence-corrected chi connectivity index (χ4v) is 1.67. The number of aromatic hydroxyl groups is 1. The molecule has 2 rings (SSSR count). The predicted molar refractivity (Wildman–Crippen MR) is 71.5 cm³/mol. The van der Waals surface area contributed by atoms with Gasteiger partial charge in [-0.05, 0) is 42.8 Å². The maximum Gasteiger partial charge on any atom is 0.125 e. The van der Waals surface area contributed by atoms with Crippen molar-refractivity contribution < 1.29 is 9.50 Å². The highest BCUT2D eigenvalue weighted by molar-refractivity contribution is 6.30. The van der Waals surface area contributed by atoms with Crippen molar-refractivity contribution >= 4 is 23.5 Å². The van der Waals surface area contributed by atoms with Crippen LogP contribution in [-0.2, 0) is 0 Å². The number of phenolic OH excluding ortho intramolecular Hbond substituents is 1. The van der Waals surface area contributed by atoms with Crippen LogP contribution in [-0.4, -0.2) is 11.3 Å². The summed E-state index contributed by atoms with van der Waals surface area (Å²) in [7, 11) is 0. The van der Waals surface area contributed by atoms with E-state index in [4.69, 9.17) is 11.6 Å². The molecule has 0 spiro atoms. The SMILES string of the molecule is Cc1ccc(F)cc1N=Cc1cc(Cl)ccc1O. The van der Waals surface area contributed by atoms with Crippen molar-refractivity contribution in [1.82, 2.24) is 0 Å². The minimum atomic E-state index is -0.344. The van der Waals surface area contributed by atoms with Gasteiger partial charge in [-0.1, -0.05) is 17.7 Å². The van der Waals surface area contributed by atoms with E-state index >= 15 is 0 Å². The van der Waals surface area contributed by atoms with Gasteiger partial charge in [-0.3, -0.25) is 4.99 Å². The predicted octanol–water partition coefficient (Wildman–Crippen LogP) is 4.24. The number of halogens is 2. The summed E-state index contributed by atoms with van der Waals surface area (Å²) in [5.74, 6) is -0.264. The van der Waals surface area contributed by atoms with Gasteiger partial charge in [0.2, 0.25) is 0 Å². The maximum absolute atomic E-state index is 13.1. The van der Waals surface area contributed by atoms with E-state index in [1.54, 1.807) is 18.2 Å². The molecule has 2 nitrogen and oxygen atoms in total. The number of hydrogen-bond donors (Lipinski definition) is 1. The first-order valence-corrected chi connectivity index (χ1v) is 5.73. The minimum absolute atomic E-state index is 0.0807. The first kappa shape index (κ1) is 12.6. The van der Waals surface area contributed by atoms with Crippen LogP contribution in [0.5, 0.6) is 5.75 Å². The van der Waals surface area contributed by atoms with Crippen molar-refractivity contribution in [2.24, 2.45) is 4.99 Å². The quantitative estimate of drug-likeness (QED) is 0.808. The third kappa shape index (κ3) is 2.87. The molecule has 0 atom stereocenters. The Morgan fingerprint density at radius 2 is 2.00 bits per heavy atom. The van der Waals surface area contributed by atoms with Crippen LogP contribution >= 0.6 is 11.6 Å². The largest absolute Gasteiger partial charge is 0.507 e. The smallest absolute Gasteiger partial charge is 0.125 e. The molecular formula is C14H11ClFNO. The number of nitrogens with zero attached hydrogens (tertiary/aromatic N) is 1. The average Bonchev–Trinajstić information content (AvgIpc) is 2.34. The van der Waals surface area contributed by atoms with Gasteiger partial charge in [0.25, 0.3) is 0 Å². The van der Waals surface area contributed by atoms with Crippen molar-refractivity contribution in [3.05, 3.63) is 58.4 Å². The Bertz CT molecular complexity index is 557. The number of phenols is 1. The van der Waals surface area contributed by atoms with Crippen LogP contribution in [0.1, 0.15) is 11.1 Å². The summed E-state index contributed by atoms with van der Waals surface area (Å²) in [6, 6.07) is 9.04. The summed E-state index contributed by atoms with van der Waals surface area (Å²) < 4.78 is 13.1. The Labute approximate surface area is 109 Å². The minimum Gasteiger partial charge on any atom is -0.507 e. The monoisotopic (exact) mass is 263 g/mol. The van der Waals surface area contributed by atoms with E-state index in [1.807, 2.05) is 6.92 Å². The van der Waals surface area contributed by atoms with Gasteiger partial charge < -0.3 is 5.11 Å². The number of rotatable bonds is 2. The molecule has 0 amide bonds. The fraction of sp³-hybridized carbons (Fsp3) is 0.0714. The third-order valence-electron chi connectivity index (χ3n) is 2.50. The normalized spacial score (nSPS) is 11.1. The van der Waals surface area contributed by atoms with Crippen LogP contribution in [0.25, 0.3) is 0 Å². The summed E-state index contributed by atoms with van der Waals surface area (Å²) in [4.78, 5) is 4.16. The lowest BCUT2D eigenvalue weighted by Crippen LogP contribution is -1.84. The van der Waals surface area contributed by atoms with Gasteiger partial charge in [-0.25, -0.2) is 4.39 Å². The molecule has 0 aromatic heterocycles. The van der Waals surface area contributed by atoms with E-state index in [-0.39, 0.29) is 11.6 Å². The Balaban J connectivity index is 2.35. The van der Waals surface area contributed by atoms with Gasteiger partial charge in [-0.15, -0.1) is 0 Å². The summed E-state index contributed by atoms with van der Waals surface area (Å²) in [6.45, 7) is 1.84. The Kier molecular flexibility index (Phi) is 3.63. The molecule has 4 heteroatoms. The third-order valence-corrected chi connectivity index (χ3v) is 2.74.